The lowest BCUT2D eigenvalue weighted by Crippen LogP contribution is -2.17. The first-order valence-electron chi connectivity index (χ1n) is 9.13. The highest BCUT2D eigenvalue weighted by Gasteiger charge is 2.25. The highest BCUT2D eigenvalue weighted by atomic mass is 35.5. The number of aryl methyl sites for hydroxylation is 2. The summed E-state index contributed by atoms with van der Waals surface area (Å²) >= 11 is 18.4. The Morgan fingerprint density at radius 3 is 2.34 bits per heavy atom. The lowest BCUT2D eigenvalue weighted by molar-refractivity contribution is 0.192. The van der Waals surface area contributed by atoms with Gasteiger partial charge < -0.3 is 14.6 Å². The molecule has 0 saturated heterocycles. The van der Waals surface area contributed by atoms with Gasteiger partial charge in [0.2, 0.25) is 5.75 Å². The predicted octanol–water partition coefficient (Wildman–Crippen LogP) is 5.02. The van der Waals surface area contributed by atoms with Crippen molar-refractivity contribution in [3.63, 3.8) is 0 Å². The normalized spacial score (nSPS) is 11.3. The topological polar surface area (TPSA) is 111 Å². The van der Waals surface area contributed by atoms with Gasteiger partial charge in [0.15, 0.2) is 11.6 Å². The quantitative estimate of drug-likeness (QED) is 0.431. The van der Waals surface area contributed by atoms with Crippen LogP contribution in [0, 0.1) is 13.8 Å². The molecule has 0 aliphatic carbocycles. The van der Waals surface area contributed by atoms with E-state index in [1.165, 1.54) is 18.2 Å². The van der Waals surface area contributed by atoms with Gasteiger partial charge >= 0.3 is 0 Å². The molecule has 12 heteroatoms. The summed E-state index contributed by atoms with van der Waals surface area (Å²) in [5.74, 6) is -0.543. The number of nitrogens with zero attached hydrogens (tertiary/aromatic N) is 2. The van der Waals surface area contributed by atoms with Crippen LogP contribution in [0.1, 0.15) is 11.1 Å². The molecule has 1 aromatic heterocycles. The van der Waals surface area contributed by atoms with Gasteiger partial charge in [-0.2, -0.15) is 4.98 Å². The van der Waals surface area contributed by atoms with Crippen molar-refractivity contribution in [3.8, 4) is 17.4 Å². The molecule has 8 nitrogen and oxygen atoms in total. The smallest absolute Gasteiger partial charge is 0.263 e. The summed E-state index contributed by atoms with van der Waals surface area (Å²) in [7, 11) is -4.05. The number of hydrogen-bond donors (Lipinski definition) is 2. The van der Waals surface area contributed by atoms with Crippen LogP contribution in [0.25, 0.3) is 0 Å². The van der Waals surface area contributed by atoms with Crippen LogP contribution in [0.15, 0.2) is 41.6 Å². The van der Waals surface area contributed by atoms with Crippen molar-refractivity contribution in [3.05, 3.63) is 62.9 Å². The molecule has 0 unspecified atom stereocenters. The van der Waals surface area contributed by atoms with E-state index >= 15 is 0 Å². The van der Waals surface area contributed by atoms with E-state index < -0.39 is 10.0 Å². The van der Waals surface area contributed by atoms with Crippen LogP contribution in [0.4, 0.5) is 5.82 Å². The third-order valence-corrected chi connectivity index (χ3v) is 6.40. The van der Waals surface area contributed by atoms with Gasteiger partial charge in [0.1, 0.15) is 12.9 Å². The Bertz CT molecular complexity index is 1230. The van der Waals surface area contributed by atoms with E-state index in [4.69, 9.17) is 49.4 Å². The lowest BCUT2D eigenvalue weighted by Gasteiger charge is -2.17. The number of aliphatic hydroxyl groups is 1. The highest BCUT2D eigenvalue weighted by Crippen LogP contribution is 2.43. The van der Waals surface area contributed by atoms with E-state index in [0.29, 0.717) is 5.56 Å². The first-order chi connectivity index (χ1) is 15.1. The minimum absolute atomic E-state index is 0.00616. The zero-order valence-corrected chi connectivity index (χ0v) is 20.0. The Kier molecular flexibility index (Phi) is 7.68. The summed E-state index contributed by atoms with van der Waals surface area (Å²) in [6.45, 7) is 3.10. The second kappa shape index (κ2) is 10.1. The van der Waals surface area contributed by atoms with Crippen molar-refractivity contribution >= 4 is 50.6 Å². The van der Waals surface area contributed by atoms with Gasteiger partial charge in [0.05, 0.1) is 21.5 Å². The summed E-state index contributed by atoms with van der Waals surface area (Å²) in [5, 5.41) is 9.53. The number of hydrogen-bond acceptors (Lipinski definition) is 7. The molecule has 3 aromatic rings. The van der Waals surface area contributed by atoms with E-state index in [-0.39, 0.29) is 56.4 Å². The molecule has 0 spiro atoms. The van der Waals surface area contributed by atoms with Crippen LogP contribution in [-0.2, 0) is 10.0 Å². The van der Waals surface area contributed by atoms with E-state index in [1.807, 2.05) is 6.92 Å². The zero-order chi connectivity index (χ0) is 23.5. The van der Waals surface area contributed by atoms with Crippen molar-refractivity contribution in [2.24, 2.45) is 0 Å². The number of aliphatic hydroxyl groups excluding tert-OH is 1. The lowest BCUT2D eigenvalue weighted by atomic mass is 10.2. The first-order valence-corrected chi connectivity index (χ1v) is 11.7. The molecule has 0 aliphatic rings. The minimum Gasteiger partial charge on any atom is -0.472 e. The molecule has 2 N–H and O–H groups in total. The molecule has 0 radical (unpaired) electrons. The average molecular weight is 519 g/mol. The van der Waals surface area contributed by atoms with Crippen molar-refractivity contribution < 1.29 is 23.0 Å². The summed E-state index contributed by atoms with van der Waals surface area (Å²) in [4.78, 5) is 8.03. The third kappa shape index (κ3) is 5.54. The Balaban J connectivity index is 2.08. The van der Waals surface area contributed by atoms with Gasteiger partial charge in [0.25, 0.3) is 15.9 Å². The third-order valence-electron chi connectivity index (χ3n) is 4.12. The van der Waals surface area contributed by atoms with Crippen molar-refractivity contribution in [1.82, 2.24) is 9.97 Å². The number of benzene rings is 2. The minimum atomic E-state index is -4.05. The van der Waals surface area contributed by atoms with Gasteiger partial charge in [-0.1, -0.05) is 52.5 Å². The fourth-order valence-electron chi connectivity index (χ4n) is 2.78. The molecule has 1 heterocycles. The fraction of sp³-hybridized carbons (Fsp3) is 0.200. The van der Waals surface area contributed by atoms with Crippen LogP contribution in [0.3, 0.4) is 0 Å². The maximum absolute atomic E-state index is 13.1. The SMILES string of the molecule is Cc1ccc(S(=O)(=O)Nc2ncnc(OCCO)c2Oc2c(Cl)cc(Cl)cc2Cl)c(C)c1. The highest BCUT2D eigenvalue weighted by molar-refractivity contribution is 7.92. The van der Waals surface area contributed by atoms with Crippen molar-refractivity contribution in [2.75, 3.05) is 17.9 Å². The second-order valence-electron chi connectivity index (χ2n) is 6.60. The van der Waals surface area contributed by atoms with E-state index in [9.17, 15) is 8.42 Å². The molecule has 32 heavy (non-hydrogen) atoms. The van der Waals surface area contributed by atoms with Gasteiger partial charge in [-0.25, -0.2) is 13.4 Å². The maximum atomic E-state index is 13.1. The Morgan fingerprint density at radius 2 is 1.72 bits per heavy atom. The second-order valence-corrected chi connectivity index (χ2v) is 9.51. The molecule has 0 fully saturated rings. The molecule has 0 amide bonds. The van der Waals surface area contributed by atoms with Crippen LogP contribution < -0.4 is 14.2 Å². The standard InChI is InChI=1S/C20H18Cl3N3O5S/c1-11-3-4-16(12(2)7-11)32(28,29)26-19-18(20(25-10-24-19)30-6-5-27)31-17-14(22)8-13(21)9-15(17)23/h3-4,7-10,27H,5-6H2,1-2H3,(H,24,25,26). The summed E-state index contributed by atoms with van der Waals surface area (Å²) in [5.41, 5.74) is 1.47. The Morgan fingerprint density at radius 1 is 1.03 bits per heavy atom. The van der Waals surface area contributed by atoms with Gasteiger partial charge in [-0.05, 0) is 37.6 Å². The number of aromatic nitrogens is 2. The van der Waals surface area contributed by atoms with Crippen LogP contribution in [0.5, 0.6) is 17.4 Å². The number of sulfonamides is 1. The number of halogens is 3. The van der Waals surface area contributed by atoms with Gasteiger partial charge in [-0.3, -0.25) is 4.72 Å². The number of rotatable bonds is 8. The molecule has 0 atom stereocenters. The van der Waals surface area contributed by atoms with Crippen LogP contribution >= 0.6 is 34.8 Å². The molecular formula is C20H18Cl3N3O5S. The zero-order valence-electron chi connectivity index (χ0n) is 16.9. The summed E-state index contributed by atoms with van der Waals surface area (Å²) in [6, 6.07) is 7.73. The van der Waals surface area contributed by atoms with E-state index in [2.05, 4.69) is 14.7 Å². The predicted molar refractivity (Wildman–Crippen MR) is 123 cm³/mol. The summed E-state index contributed by atoms with van der Waals surface area (Å²) < 4.78 is 39.7. The van der Waals surface area contributed by atoms with E-state index in [1.54, 1.807) is 19.1 Å². The summed E-state index contributed by atoms with van der Waals surface area (Å²) in [6.07, 6.45) is 1.09. The molecular weight excluding hydrogens is 501 g/mol. The number of nitrogens with one attached hydrogen (secondary N) is 1. The maximum Gasteiger partial charge on any atom is 0.263 e. The molecule has 3 rings (SSSR count). The molecule has 2 aromatic carbocycles. The molecule has 0 saturated carbocycles. The van der Waals surface area contributed by atoms with E-state index in [0.717, 1.165) is 11.9 Å². The largest absolute Gasteiger partial charge is 0.472 e. The molecule has 0 bridgehead atoms. The first kappa shape index (κ1) is 24.3. The number of anilines is 1. The van der Waals surface area contributed by atoms with Crippen molar-refractivity contribution in [2.45, 2.75) is 18.7 Å². The molecule has 0 aliphatic heterocycles. The number of ether oxygens (including phenoxy) is 2. The van der Waals surface area contributed by atoms with Gasteiger partial charge in [0, 0.05) is 5.02 Å². The van der Waals surface area contributed by atoms with Crippen LogP contribution in [-0.4, -0.2) is 36.7 Å². The molecule has 170 valence electrons. The average Bonchev–Trinajstić information content (AvgIpc) is 2.69. The van der Waals surface area contributed by atoms with Gasteiger partial charge in [-0.15, -0.1) is 0 Å². The monoisotopic (exact) mass is 517 g/mol. The fourth-order valence-corrected chi connectivity index (χ4v) is 4.91. The Labute approximate surface area is 200 Å². The van der Waals surface area contributed by atoms with Crippen LogP contribution in [0.2, 0.25) is 15.1 Å². The van der Waals surface area contributed by atoms with Crippen molar-refractivity contribution in [1.29, 1.82) is 0 Å². The Hall–Kier alpha value is -2.30.